The van der Waals surface area contributed by atoms with Gasteiger partial charge in [0.25, 0.3) is 0 Å². The van der Waals surface area contributed by atoms with Gasteiger partial charge in [-0.25, -0.2) is 0 Å². The minimum atomic E-state index is 0.0939. The molecule has 3 fully saturated rings. The van der Waals surface area contributed by atoms with Crippen LogP contribution < -0.4 is 0 Å². The minimum Gasteiger partial charge on any atom is -0.381 e. The average Bonchev–Trinajstić information content (AvgIpc) is 3.22. The summed E-state index contributed by atoms with van der Waals surface area (Å²) in [6.07, 6.45) is 5.84. The van der Waals surface area contributed by atoms with E-state index in [1.54, 1.807) is 6.20 Å². The van der Waals surface area contributed by atoms with Gasteiger partial charge < -0.3 is 14.4 Å². The lowest BCUT2D eigenvalue weighted by atomic mass is 9.91. The van der Waals surface area contributed by atoms with Gasteiger partial charge in [0, 0.05) is 37.8 Å². The van der Waals surface area contributed by atoms with Gasteiger partial charge in [-0.2, -0.15) is 0 Å². The Morgan fingerprint density at radius 2 is 2.43 bits per heavy atom. The Hall–Kier alpha value is -1.11. The number of pyridine rings is 1. The van der Waals surface area contributed by atoms with E-state index in [0.717, 1.165) is 43.9 Å². The molecule has 0 bridgehead atoms. The first kappa shape index (κ1) is 15.4. The van der Waals surface area contributed by atoms with Crippen LogP contribution in [0.15, 0.2) is 24.5 Å². The standard InChI is InChI=1S/C17H22N2O3S/c20-16(14-3-5-21-9-14)19-11-17(12-19)6-15(10-23-17)22-8-13-2-1-4-18-7-13/h1-2,4,7,14-15H,3,5-6,8-12H2/t14-,15-/m0/s1. The first-order valence-corrected chi connectivity index (χ1v) is 9.24. The molecule has 0 N–H and O–H groups in total. The van der Waals surface area contributed by atoms with Gasteiger partial charge in [-0.3, -0.25) is 9.78 Å². The average molecular weight is 334 g/mol. The molecule has 0 unspecified atom stereocenters. The highest BCUT2D eigenvalue weighted by molar-refractivity contribution is 8.01. The summed E-state index contributed by atoms with van der Waals surface area (Å²) in [5.74, 6) is 1.40. The maximum Gasteiger partial charge on any atom is 0.228 e. The van der Waals surface area contributed by atoms with Gasteiger partial charge in [-0.15, -0.1) is 11.8 Å². The van der Waals surface area contributed by atoms with Crippen molar-refractivity contribution in [3.05, 3.63) is 30.1 Å². The lowest BCUT2D eigenvalue weighted by Crippen LogP contribution is -2.62. The number of rotatable bonds is 4. The van der Waals surface area contributed by atoms with Crippen molar-refractivity contribution in [1.82, 2.24) is 9.88 Å². The van der Waals surface area contributed by atoms with Gasteiger partial charge in [0.2, 0.25) is 5.91 Å². The minimum absolute atomic E-state index is 0.0939. The van der Waals surface area contributed by atoms with Crippen LogP contribution in [-0.2, 0) is 20.9 Å². The Morgan fingerprint density at radius 1 is 1.52 bits per heavy atom. The summed E-state index contributed by atoms with van der Waals surface area (Å²) < 4.78 is 11.6. The van der Waals surface area contributed by atoms with E-state index in [1.807, 2.05) is 35.0 Å². The molecule has 3 aliphatic heterocycles. The molecule has 3 aliphatic rings. The topological polar surface area (TPSA) is 51.7 Å². The molecule has 1 amide bonds. The first-order chi connectivity index (χ1) is 11.2. The van der Waals surface area contributed by atoms with Gasteiger partial charge in [0.05, 0.1) is 30.0 Å². The molecule has 4 rings (SSSR count). The van der Waals surface area contributed by atoms with Crippen molar-refractivity contribution in [3.63, 3.8) is 0 Å². The van der Waals surface area contributed by atoms with Gasteiger partial charge in [-0.1, -0.05) is 6.07 Å². The number of carbonyl (C=O) groups excluding carboxylic acids is 1. The number of likely N-dealkylation sites (tertiary alicyclic amines) is 1. The number of thioether (sulfide) groups is 1. The van der Waals surface area contributed by atoms with E-state index >= 15 is 0 Å². The van der Waals surface area contributed by atoms with Gasteiger partial charge in [0.15, 0.2) is 0 Å². The Balaban J connectivity index is 1.24. The molecule has 1 aromatic heterocycles. The van der Waals surface area contributed by atoms with Crippen molar-refractivity contribution in [1.29, 1.82) is 0 Å². The van der Waals surface area contributed by atoms with Crippen LogP contribution in [0.4, 0.5) is 0 Å². The van der Waals surface area contributed by atoms with Crippen molar-refractivity contribution in [2.75, 3.05) is 32.1 Å². The van der Waals surface area contributed by atoms with Crippen LogP contribution in [0.3, 0.4) is 0 Å². The number of ether oxygens (including phenoxy) is 2. The molecule has 0 radical (unpaired) electrons. The second-order valence-corrected chi connectivity index (χ2v) is 8.24. The third-order valence-electron chi connectivity index (χ3n) is 4.93. The fourth-order valence-electron chi connectivity index (χ4n) is 3.62. The highest BCUT2D eigenvalue weighted by Crippen LogP contribution is 2.46. The van der Waals surface area contributed by atoms with Crippen molar-refractivity contribution >= 4 is 17.7 Å². The highest BCUT2D eigenvalue weighted by Gasteiger charge is 2.51. The van der Waals surface area contributed by atoms with Crippen LogP contribution in [0, 0.1) is 5.92 Å². The zero-order valence-corrected chi connectivity index (χ0v) is 14.0. The second kappa shape index (κ2) is 6.42. The Bertz CT molecular complexity index is 556. The largest absolute Gasteiger partial charge is 0.381 e. The van der Waals surface area contributed by atoms with Crippen LogP contribution in [-0.4, -0.2) is 58.7 Å². The van der Waals surface area contributed by atoms with E-state index in [-0.39, 0.29) is 22.7 Å². The summed E-state index contributed by atoms with van der Waals surface area (Å²) in [6, 6.07) is 3.98. The monoisotopic (exact) mass is 334 g/mol. The summed E-state index contributed by atoms with van der Waals surface area (Å²) in [5, 5.41) is 0. The van der Waals surface area contributed by atoms with Crippen LogP contribution in [0.25, 0.3) is 0 Å². The predicted octanol–water partition coefficient (Wildman–Crippen LogP) is 1.72. The molecule has 0 saturated carbocycles. The van der Waals surface area contributed by atoms with E-state index in [4.69, 9.17) is 9.47 Å². The van der Waals surface area contributed by atoms with Crippen molar-refractivity contribution in [2.45, 2.75) is 30.3 Å². The molecular weight excluding hydrogens is 312 g/mol. The third kappa shape index (κ3) is 3.25. The smallest absolute Gasteiger partial charge is 0.228 e. The normalized spacial score (nSPS) is 29.0. The number of hydrogen-bond donors (Lipinski definition) is 0. The lowest BCUT2D eigenvalue weighted by molar-refractivity contribution is -0.141. The summed E-state index contributed by atoms with van der Waals surface area (Å²) in [5.41, 5.74) is 1.12. The number of hydrogen-bond acceptors (Lipinski definition) is 5. The van der Waals surface area contributed by atoms with Crippen molar-refractivity contribution in [3.8, 4) is 0 Å². The molecule has 2 atom stereocenters. The SMILES string of the molecule is O=C([C@H]1CCOC1)N1CC2(C[C@H](OCc3cccnc3)CS2)C1. The molecule has 4 heterocycles. The molecule has 23 heavy (non-hydrogen) atoms. The zero-order valence-electron chi connectivity index (χ0n) is 13.1. The van der Waals surface area contributed by atoms with Gasteiger partial charge in [-0.05, 0) is 24.5 Å². The second-order valence-electron chi connectivity index (χ2n) is 6.75. The summed E-state index contributed by atoms with van der Waals surface area (Å²) in [6.45, 7) is 3.71. The quantitative estimate of drug-likeness (QED) is 0.839. The molecule has 5 nitrogen and oxygen atoms in total. The molecule has 124 valence electrons. The predicted molar refractivity (Wildman–Crippen MR) is 88.1 cm³/mol. The third-order valence-corrected chi connectivity index (χ3v) is 6.51. The van der Waals surface area contributed by atoms with E-state index in [9.17, 15) is 4.79 Å². The zero-order chi connectivity index (χ0) is 15.7. The van der Waals surface area contributed by atoms with Crippen molar-refractivity contribution in [2.24, 2.45) is 5.92 Å². The fourth-order valence-corrected chi connectivity index (χ4v) is 5.17. The van der Waals surface area contributed by atoms with E-state index in [0.29, 0.717) is 13.2 Å². The molecule has 3 saturated heterocycles. The van der Waals surface area contributed by atoms with E-state index < -0.39 is 0 Å². The van der Waals surface area contributed by atoms with Crippen LogP contribution >= 0.6 is 11.8 Å². The summed E-state index contributed by atoms with van der Waals surface area (Å²) in [4.78, 5) is 18.5. The van der Waals surface area contributed by atoms with E-state index in [2.05, 4.69) is 4.98 Å². The molecule has 6 heteroatoms. The van der Waals surface area contributed by atoms with Gasteiger partial charge >= 0.3 is 0 Å². The number of carbonyl (C=O) groups is 1. The fraction of sp³-hybridized carbons (Fsp3) is 0.647. The molecule has 1 spiro atoms. The Labute approximate surface area is 140 Å². The van der Waals surface area contributed by atoms with Crippen molar-refractivity contribution < 1.29 is 14.3 Å². The first-order valence-electron chi connectivity index (χ1n) is 8.25. The van der Waals surface area contributed by atoms with Crippen LogP contribution in [0.1, 0.15) is 18.4 Å². The summed E-state index contributed by atoms with van der Waals surface area (Å²) >= 11 is 1.97. The maximum absolute atomic E-state index is 12.4. The molecule has 0 aromatic carbocycles. The highest BCUT2D eigenvalue weighted by atomic mass is 32.2. The lowest BCUT2D eigenvalue weighted by Gasteiger charge is -2.48. The maximum atomic E-state index is 12.4. The Morgan fingerprint density at radius 3 is 3.17 bits per heavy atom. The van der Waals surface area contributed by atoms with Gasteiger partial charge in [0.1, 0.15) is 0 Å². The summed E-state index contributed by atoms with van der Waals surface area (Å²) in [7, 11) is 0. The van der Waals surface area contributed by atoms with Crippen LogP contribution in [0.2, 0.25) is 0 Å². The number of nitrogens with zero attached hydrogens (tertiary/aromatic N) is 2. The molecular formula is C17H22N2O3S. The van der Waals surface area contributed by atoms with Crippen LogP contribution in [0.5, 0.6) is 0 Å². The number of aromatic nitrogens is 1. The number of amides is 1. The Kier molecular flexibility index (Phi) is 4.30. The molecule has 0 aliphatic carbocycles. The van der Waals surface area contributed by atoms with E-state index in [1.165, 1.54) is 0 Å². The molecule has 1 aromatic rings.